The van der Waals surface area contributed by atoms with Crippen molar-refractivity contribution in [1.29, 1.82) is 0 Å². The summed E-state index contributed by atoms with van der Waals surface area (Å²) in [6, 6.07) is 25.7. The van der Waals surface area contributed by atoms with E-state index in [1.807, 2.05) is 79.3 Å². The van der Waals surface area contributed by atoms with Crippen LogP contribution in [0.1, 0.15) is 27.2 Å². The molecule has 6 nitrogen and oxygen atoms in total. The maximum Gasteiger partial charge on any atom is 0.279 e. The summed E-state index contributed by atoms with van der Waals surface area (Å²) in [5.74, 6) is -0.315. The standard InChI is InChI=1S/C28H25N5O/c1-19-12-14-21(15-13-19)18-33-16-8-7-11-25(33)30-28(34)23-17-24(22-9-5-4-6-10-22)29-27-26(23)20(2)31-32(27)3/h4-17H,18H2,1-3H3. The van der Waals surface area contributed by atoms with Crippen LogP contribution in [0.4, 0.5) is 0 Å². The first kappa shape index (κ1) is 21.5. The molecule has 0 saturated carbocycles. The van der Waals surface area contributed by atoms with Crippen LogP contribution in [0.3, 0.4) is 0 Å². The largest absolute Gasteiger partial charge is 0.328 e. The van der Waals surface area contributed by atoms with Gasteiger partial charge in [-0.2, -0.15) is 10.1 Å². The Morgan fingerprint density at radius 2 is 1.68 bits per heavy atom. The van der Waals surface area contributed by atoms with Crippen LogP contribution in [0.5, 0.6) is 0 Å². The Hall–Kier alpha value is -4.32. The number of fused-ring (bicyclic) bond motifs is 1. The zero-order valence-electron chi connectivity index (χ0n) is 19.4. The third kappa shape index (κ3) is 4.18. The van der Waals surface area contributed by atoms with Crippen molar-refractivity contribution in [2.45, 2.75) is 20.4 Å². The van der Waals surface area contributed by atoms with Gasteiger partial charge < -0.3 is 4.57 Å². The van der Waals surface area contributed by atoms with Crippen molar-refractivity contribution in [3.05, 3.63) is 113 Å². The predicted octanol–water partition coefficient (Wildman–Crippen LogP) is 4.84. The van der Waals surface area contributed by atoms with Crippen molar-refractivity contribution < 1.29 is 4.79 Å². The lowest BCUT2D eigenvalue weighted by atomic mass is 10.1. The van der Waals surface area contributed by atoms with Crippen LogP contribution >= 0.6 is 0 Å². The highest BCUT2D eigenvalue weighted by atomic mass is 16.1. The molecule has 5 rings (SSSR count). The monoisotopic (exact) mass is 447 g/mol. The molecule has 168 valence electrons. The summed E-state index contributed by atoms with van der Waals surface area (Å²) in [5.41, 5.74) is 6.53. The average molecular weight is 448 g/mol. The van der Waals surface area contributed by atoms with Gasteiger partial charge in [0.1, 0.15) is 5.49 Å². The van der Waals surface area contributed by atoms with Gasteiger partial charge in [-0.3, -0.25) is 9.48 Å². The van der Waals surface area contributed by atoms with E-state index in [2.05, 4.69) is 41.3 Å². The van der Waals surface area contributed by atoms with Crippen molar-refractivity contribution >= 4 is 16.9 Å². The molecule has 0 unspecified atom stereocenters. The minimum Gasteiger partial charge on any atom is -0.328 e. The maximum atomic E-state index is 13.6. The molecule has 0 N–H and O–H groups in total. The fraction of sp³-hybridized carbons (Fsp3) is 0.143. The Labute approximate surface area is 197 Å². The van der Waals surface area contributed by atoms with Gasteiger partial charge >= 0.3 is 0 Å². The van der Waals surface area contributed by atoms with Gasteiger partial charge in [-0.05, 0) is 37.6 Å². The number of pyridine rings is 2. The summed E-state index contributed by atoms with van der Waals surface area (Å²) in [4.78, 5) is 22.9. The lowest BCUT2D eigenvalue weighted by Gasteiger charge is -2.09. The number of benzene rings is 2. The molecular weight excluding hydrogens is 422 g/mol. The fourth-order valence-corrected chi connectivity index (χ4v) is 4.13. The number of aromatic nitrogens is 4. The zero-order valence-corrected chi connectivity index (χ0v) is 19.4. The number of hydrogen-bond donors (Lipinski definition) is 0. The van der Waals surface area contributed by atoms with Crippen molar-refractivity contribution in [1.82, 2.24) is 19.3 Å². The molecule has 0 fully saturated rings. The molecule has 6 heteroatoms. The topological polar surface area (TPSA) is 65.1 Å². The molecule has 0 bridgehead atoms. The maximum absolute atomic E-state index is 13.6. The summed E-state index contributed by atoms with van der Waals surface area (Å²) in [7, 11) is 1.84. The smallest absolute Gasteiger partial charge is 0.279 e. The van der Waals surface area contributed by atoms with Gasteiger partial charge in [0, 0.05) is 25.4 Å². The quantitative estimate of drug-likeness (QED) is 0.396. The van der Waals surface area contributed by atoms with Crippen LogP contribution in [0.2, 0.25) is 0 Å². The third-order valence-electron chi connectivity index (χ3n) is 5.87. The molecule has 0 aliphatic heterocycles. The van der Waals surface area contributed by atoms with Gasteiger partial charge in [0.15, 0.2) is 5.65 Å². The third-order valence-corrected chi connectivity index (χ3v) is 5.87. The number of carbonyl (C=O) groups is 1. The molecule has 3 heterocycles. The van der Waals surface area contributed by atoms with E-state index in [4.69, 9.17) is 4.98 Å². The summed E-state index contributed by atoms with van der Waals surface area (Å²) < 4.78 is 3.70. The van der Waals surface area contributed by atoms with Crippen molar-refractivity contribution in [3.63, 3.8) is 0 Å². The first-order chi connectivity index (χ1) is 16.5. The Bertz CT molecular complexity index is 1560. The second kappa shape index (κ2) is 8.90. The van der Waals surface area contributed by atoms with Crippen LogP contribution in [-0.4, -0.2) is 25.2 Å². The molecule has 3 aromatic heterocycles. The average Bonchev–Trinajstić information content (AvgIpc) is 3.15. The second-order valence-corrected chi connectivity index (χ2v) is 8.42. The lowest BCUT2D eigenvalue weighted by molar-refractivity contribution is 0.0998. The second-order valence-electron chi connectivity index (χ2n) is 8.42. The summed E-state index contributed by atoms with van der Waals surface area (Å²) >= 11 is 0. The SMILES string of the molecule is Cc1ccc(Cn2ccccc2=NC(=O)c2cc(-c3ccccc3)nc3c2c(C)nn3C)cc1. The molecule has 1 amide bonds. The zero-order chi connectivity index (χ0) is 23.7. The summed E-state index contributed by atoms with van der Waals surface area (Å²) in [6.45, 7) is 4.59. The first-order valence-electron chi connectivity index (χ1n) is 11.2. The van der Waals surface area contributed by atoms with Gasteiger partial charge in [-0.25, -0.2) is 4.98 Å². The van der Waals surface area contributed by atoms with Crippen LogP contribution in [0.25, 0.3) is 22.3 Å². The predicted molar refractivity (Wildman–Crippen MR) is 133 cm³/mol. The molecule has 0 spiro atoms. The minimum atomic E-state index is -0.315. The van der Waals surface area contributed by atoms with Crippen molar-refractivity contribution in [2.24, 2.45) is 12.0 Å². The van der Waals surface area contributed by atoms with Gasteiger partial charge in [0.05, 0.1) is 22.3 Å². The lowest BCUT2D eigenvalue weighted by Crippen LogP contribution is -2.22. The molecule has 34 heavy (non-hydrogen) atoms. The van der Waals surface area contributed by atoms with E-state index in [0.29, 0.717) is 23.2 Å². The normalized spacial score (nSPS) is 11.8. The number of hydrogen-bond acceptors (Lipinski definition) is 3. The van der Waals surface area contributed by atoms with Crippen LogP contribution < -0.4 is 5.49 Å². The highest BCUT2D eigenvalue weighted by Gasteiger charge is 2.19. The first-order valence-corrected chi connectivity index (χ1v) is 11.2. The van der Waals surface area contributed by atoms with E-state index in [-0.39, 0.29) is 5.91 Å². The summed E-state index contributed by atoms with van der Waals surface area (Å²) in [6.07, 6.45) is 1.94. The van der Waals surface area contributed by atoms with Crippen molar-refractivity contribution in [2.75, 3.05) is 0 Å². The molecule has 0 radical (unpaired) electrons. The van der Waals surface area contributed by atoms with E-state index < -0.39 is 0 Å². The Morgan fingerprint density at radius 3 is 2.44 bits per heavy atom. The van der Waals surface area contributed by atoms with Crippen LogP contribution in [-0.2, 0) is 13.6 Å². The Balaban J connectivity index is 1.63. The van der Waals surface area contributed by atoms with E-state index in [0.717, 1.165) is 27.9 Å². The van der Waals surface area contributed by atoms with Gasteiger partial charge in [0.25, 0.3) is 5.91 Å². The molecule has 0 aliphatic carbocycles. The van der Waals surface area contributed by atoms with Crippen LogP contribution in [0, 0.1) is 13.8 Å². The van der Waals surface area contributed by atoms with Crippen molar-refractivity contribution in [3.8, 4) is 11.3 Å². The summed E-state index contributed by atoms with van der Waals surface area (Å²) in [5, 5.41) is 5.24. The van der Waals surface area contributed by atoms with E-state index in [1.54, 1.807) is 4.68 Å². The van der Waals surface area contributed by atoms with E-state index in [1.165, 1.54) is 5.56 Å². The Morgan fingerprint density at radius 1 is 0.941 bits per heavy atom. The molecule has 2 aromatic carbocycles. The molecule has 0 saturated heterocycles. The fourth-order valence-electron chi connectivity index (χ4n) is 4.13. The number of carbonyl (C=O) groups excluding carboxylic acids is 1. The van der Waals surface area contributed by atoms with Crippen LogP contribution in [0.15, 0.2) is 90.1 Å². The highest BCUT2D eigenvalue weighted by molar-refractivity contribution is 6.07. The number of aryl methyl sites for hydroxylation is 3. The number of amides is 1. The van der Waals surface area contributed by atoms with E-state index >= 15 is 0 Å². The minimum absolute atomic E-state index is 0.315. The number of rotatable bonds is 4. The van der Waals surface area contributed by atoms with E-state index in [9.17, 15) is 4.79 Å². The molecule has 5 aromatic rings. The molecule has 0 aliphatic rings. The highest BCUT2D eigenvalue weighted by Crippen LogP contribution is 2.27. The van der Waals surface area contributed by atoms with Gasteiger partial charge in [-0.1, -0.05) is 66.2 Å². The van der Waals surface area contributed by atoms with Gasteiger partial charge in [-0.15, -0.1) is 0 Å². The van der Waals surface area contributed by atoms with Gasteiger partial charge in [0.2, 0.25) is 0 Å². The Kier molecular flexibility index (Phi) is 5.64. The number of nitrogens with zero attached hydrogens (tertiary/aromatic N) is 5. The molecular formula is C28H25N5O. The molecule has 0 atom stereocenters.